The van der Waals surface area contributed by atoms with Crippen LogP contribution in [0.15, 0.2) is 24.3 Å². The first-order chi connectivity index (χ1) is 13.8. The van der Waals surface area contributed by atoms with Crippen molar-refractivity contribution < 1.29 is 23.6 Å². The van der Waals surface area contributed by atoms with Crippen molar-refractivity contribution in [3.05, 3.63) is 52.6 Å². The number of rotatable bonds is 6. The van der Waals surface area contributed by atoms with Crippen LogP contribution in [-0.2, 0) is 4.74 Å². The van der Waals surface area contributed by atoms with Gasteiger partial charge in [-0.1, -0.05) is 12.1 Å². The Morgan fingerprint density at radius 1 is 1.24 bits per heavy atom. The number of H-pyrrole nitrogens is 1. The third-order valence-electron chi connectivity index (χ3n) is 5.77. The number of nitrogens with one attached hydrogen (secondary N) is 2. The zero-order valence-electron chi connectivity index (χ0n) is 17.5. The lowest BCUT2D eigenvalue weighted by Crippen LogP contribution is -3.18. The Labute approximate surface area is 170 Å². The standard InChI is InChI=1S/C22H28FN3O3/c1-5-29-22(28)19-14(2)20(24-15(19)3)21(27)16(4)25-10-12-26(13-11-25)18-9-7-6-8-17(18)23/h6-9,16,24H,5,10-13H2,1-4H3/p+1/t16-/m0/s1. The van der Waals surface area contributed by atoms with Crippen molar-refractivity contribution in [1.82, 2.24) is 4.98 Å². The lowest BCUT2D eigenvalue weighted by Gasteiger charge is -2.36. The number of Topliss-reactive ketones (excluding diaryl/α,β-unsaturated/α-hetero) is 1. The molecule has 1 saturated heterocycles. The topological polar surface area (TPSA) is 66.8 Å². The van der Waals surface area contributed by atoms with E-state index in [9.17, 15) is 14.0 Å². The minimum atomic E-state index is -0.406. The predicted molar refractivity (Wildman–Crippen MR) is 109 cm³/mol. The van der Waals surface area contributed by atoms with Crippen molar-refractivity contribution in [2.45, 2.75) is 33.7 Å². The maximum atomic E-state index is 14.0. The highest BCUT2D eigenvalue weighted by Gasteiger charge is 2.33. The van der Waals surface area contributed by atoms with Crippen molar-refractivity contribution in [3.63, 3.8) is 0 Å². The fourth-order valence-corrected chi connectivity index (χ4v) is 4.08. The number of aromatic amines is 1. The summed E-state index contributed by atoms with van der Waals surface area (Å²) in [5.41, 5.74) is 2.82. The second-order valence-electron chi connectivity index (χ2n) is 7.53. The Kier molecular flexibility index (Phi) is 6.37. The molecule has 6 nitrogen and oxygen atoms in total. The fourth-order valence-electron chi connectivity index (χ4n) is 4.08. The fraction of sp³-hybridized carbons (Fsp3) is 0.455. The summed E-state index contributed by atoms with van der Waals surface area (Å²) in [6.45, 7) is 10.4. The maximum absolute atomic E-state index is 14.0. The summed E-state index contributed by atoms with van der Waals surface area (Å²) in [4.78, 5) is 31.6. The minimum absolute atomic E-state index is 0.0181. The zero-order valence-corrected chi connectivity index (χ0v) is 17.5. The summed E-state index contributed by atoms with van der Waals surface area (Å²) in [6, 6.07) is 6.52. The average Bonchev–Trinajstić information content (AvgIpc) is 3.01. The van der Waals surface area contributed by atoms with Crippen LogP contribution in [0.25, 0.3) is 0 Å². The zero-order chi connectivity index (χ0) is 21.1. The van der Waals surface area contributed by atoms with Gasteiger partial charge in [0.15, 0.2) is 6.04 Å². The summed E-state index contributed by atoms with van der Waals surface area (Å²) < 4.78 is 19.2. The number of esters is 1. The number of benzene rings is 1. The molecule has 0 amide bonds. The number of carbonyl (C=O) groups excluding carboxylic acids is 2. The molecule has 0 unspecified atom stereocenters. The van der Waals surface area contributed by atoms with Gasteiger partial charge in [0, 0.05) is 5.69 Å². The summed E-state index contributed by atoms with van der Waals surface area (Å²) in [6.07, 6.45) is 0. The molecule has 3 rings (SSSR count). The van der Waals surface area contributed by atoms with E-state index in [1.807, 2.05) is 17.9 Å². The lowest BCUT2D eigenvalue weighted by molar-refractivity contribution is -0.914. The van der Waals surface area contributed by atoms with E-state index in [1.54, 1.807) is 32.9 Å². The van der Waals surface area contributed by atoms with Crippen molar-refractivity contribution in [2.24, 2.45) is 0 Å². The van der Waals surface area contributed by atoms with Gasteiger partial charge in [0.25, 0.3) is 0 Å². The van der Waals surface area contributed by atoms with Crippen LogP contribution in [0.3, 0.4) is 0 Å². The third kappa shape index (κ3) is 4.19. The summed E-state index contributed by atoms with van der Waals surface area (Å²) in [5, 5.41) is 0. The van der Waals surface area contributed by atoms with Crippen LogP contribution in [0.5, 0.6) is 0 Å². The monoisotopic (exact) mass is 402 g/mol. The van der Waals surface area contributed by atoms with Crippen molar-refractivity contribution in [2.75, 3.05) is 37.7 Å². The number of piperazine rings is 1. The number of quaternary nitrogens is 1. The van der Waals surface area contributed by atoms with Gasteiger partial charge in [0.05, 0.1) is 49.7 Å². The van der Waals surface area contributed by atoms with Crippen molar-refractivity contribution >= 4 is 17.4 Å². The van der Waals surface area contributed by atoms with E-state index in [0.29, 0.717) is 47.9 Å². The highest BCUT2D eigenvalue weighted by molar-refractivity contribution is 6.03. The van der Waals surface area contributed by atoms with Crippen LogP contribution in [0.1, 0.15) is 46.0 Å². The smallest absolute Gasteiger partial charge is 0.340 e. The Balaban J connectivity index is 1.70. The first-order valence-electron chi connectivity index (χ1n) is 10.1. The second kappa shape index (κ2) is 8.78. The van der Waals surface area contributed by atoms with E-state index in [1.165, 1.54) is 6.07 Å². The quantitative estimate of drug-likeness (QED) is 0.572. The summed E-state index contributed by atoms with van der Waals surface area (Å²) in [5.74, 6) is -0.643. The number of aryl methyl sites for hydroxylation is 1. The Hall–Kier alpha value is -2.67. The number of hydrogen-bond donors (Lipinski definition) is 2. The molecule has 156 valence electrons. The molecule has 2 heterocycles. The molecular formula is C22H29FN3O3+. The molecule has 0 aliphatic carbocycles. The number of aromatic nitrogens is 1. The molecule has 1 aliphatic heterocycles. The molecule has 0 spiro atoms. The molecule has 0 bridgehead atoms. The van der Waals surface area contributed by atoms with E-state index in [0.717, 1.165) is 18.0 Å². The van der Waals surface area contributed by atoms with Crippen LogP contribution < -0.4 is 9.80 Å². The van der Waals surface area contributed by atoms with Gasteiger partial charge in [0.1, 0.15) is 5.82 Å². The molecule has 1 fully saturated rings. The van der Waals surface area contributed by atoms with Gasteiger partial charge >= 0.3 is 5.97 Å². The van der Waals surface area contributed by atoms with Gasteiger partial charge in [0.2, 0.25) is 5.78 Å². The molecule has 1 aromatic heterocycles. The largest absolute Gasteiger partial charge is 0.462 e. The van der Waals surface area contributed by atoms with E-state index in [4.69, 9.17) is 4.74 Å². The predicted octanol–water partition coefficient (Wildman–Crippen LogP) is 1.92. The number of ether oxygens (including phenoxy) is 1. The molecule has 2 aromatic rings. The normalized spacial score (nSPS) is 16.0. The minimum Gasteiger partial charge on any atom is -0.462 e. The van der Waals surface area contributed by atoms with E-state index in [2.05, 4.69) is 4.98 Å². The van der Waals surface area contributed by atoms with Crippen LogP contribution in [-0.4, -0.2) is 55.6 Å². The molecular weight excluding hydrogens is 373 g/mol. The van der Waals surface area contributed by atoms with Crippen LogP contribution in [0, 0.1) is 19.7 Å². The SMILES string of the molecule is CCOC(=O)c1c(C)[nH]c(C(=O)[C@H](C)[NH+]2CCN(c3ccccc3F)CC2)c1C. The second-order valence-corrected chi connectivity index (χ2v) is 7.53. The molecule has 7 heteroatoms. The number of hydrogen-bond acceptors (Lipinski definition) is 4. The number of carbonyl (C=O) groups is 2. The van der Waals surface area contributed by atoms with Crippen molar-refractivity contribution in [1.29, 1.82) is 0 Å². The number of anilines is 1. The number of halogens is 1. The average molecular weight is 402 g/mol. The lowest BCUT2D eigenvalue weighted by atomic mass is 10.0. The molecule has 2 N–H and O–H groups in total. The first kappa shape index (κ1) is 21.0. The molecule has 0 saturated carbocycles. The molecule has 1 atom stereocenters. The van der Waals surface area contributed by atoms with Gasteiger partial charge in [-0.2, -0.15) is 0 Å². The van der Waals surface area contributed by atoms with Gasteiger partial charge in [-0.25, -0.2) is 9.18 Å². The molecule has 1 aromatic carbocycles. The van der Waals surface area contributed by atoms with Gasteiger partial charge in [-0.05, 0) is 45.4 Å². The molecule has 0 radical (unpaired) electrons. The Morgan fingerprint density at radius 3 is 2.52 bits per heavy atom. The van der Waals surface area contributed by atoms with Gasteiger partial charge < -0.3 is 19.5 Å². The van der Waals surface area contributed by atoms with Gasteiger partial charge in [-0.3, -0.25) is 4.79 Å². The highest BCUT2D eigenvalue weighted by Crippen LogP contribution is 2.21. The Bertz CT molecular complexity index is 901. The van der Waals surface area contributed by atoms with E-state index >= 15 is 0 Å². The van der Waals surface area contributed by atoms with E-state index in [-0.39, 0.29) is 17.6 Å². The summed E-state index contributed by atoms with van der Waals surface area (Å²) in [7, 11) is 0. The van der Waals surface area contributed by atoms with Crippen LogP contribution in [0.2, 0.25) is 0 Å². The number of para-hydroxylation sites is 1. The highest BCUT2D eigenvalue weighted by atomic mass is 19.1. The van der Waals surface area contributed by atoms with E-state index < -0.39 is 5.97 Å². The first-order valence-corrected chi connectivity index (χ1v) is 10.1. The molecule has 29 heavy (non-hydrogen) atoms. The number of ketones is 1. The van der Waals surface area contributed by atoms with Crippen LogP contribution in [0.4, 0.5) is 10.1 Å². The summed E-state index contributed by atoms with van der Waals surface area (Å²) >= 11 is 0. The number of nitrogens with zero attached hydrogens (tertiary/aromatic N) is 1. The molecule has 1 aliphatic rings. The van der Waals surface area contributed by atoms with Crippen LogP contribution >= 0.6 is 0 Å². The maximum Gasteiger partial charge on any atom is 0.340 e. The van der Waals surface area contributed by atoms with Crippen molar-refractivity contribution in [3.8, 4) is 0 Å². The third-order valence-corrected chi connectivity index (χ3v) is 5.77. The Morgan fingerprint density at radius 2 is 1.90 bits per heavy atom. The van der Waals surface area contributed by atoms with Gasteiger partial charge in [-0.15, -0.1) is 0 Å².